The summed E-state index contributed by atoms with van der Waals surface area (Å²) in [4.78, 5) is 34.4. The number of hydrogen-bond acceptors (Lipinski definition) is 8. The Morgan fingerprint density at radius 3 is 1.83 bits per heavy atom. The van der Waals surface area contributed by atoms with Crippen LogP contribution in [0.1, 0.15) is 47.0 Å². The maximum absolute atomic E-state index is 11.5. The van der Waals surface area contributed by atoms with Crippen molar-refractivity contribution in [3.8, 4) is 0 Å². The highest BCUT2D eigenvalue weighted by molar-refractivity contribution is 5.68. The molecule has 24 heavy (non-hydrogen) atoms. The van der Waals surface area contributed by atoms with Crippen LogP contribution in [0.5, 0.6) is 0 Å². The van der Waals surface area contributed by atoms with Gasteiger partial charge in [0.1, 0.15) is 6.10 Å². The minimum Gasteiger partial charge on any atom is -0.456 e. The van der Waals surface area contributed by atoms with Crippen molar-refractivity contribution in [3.05, 3.63) is 0 Å². The van der Waals surface area contributed by atoms with E-state index in [1.54, 1.807) is 0 Å². The molecule has 0 radical (unpaired) electrons. The molecular formula is C16H26O8. The predicted molar refractivity (Wildman–Crippen MR) is 81.9 cm³/mol. The van der Waals surface area contributed by atoms with E-state index < -0.39 is 48.6 Å². The quantitative estimate of drug-likeness (QED) is 0.503. The fourth-order valence-electron chi connectivity index (χ4n) is 2.68. The van der Waals surface area contributed by atoms with Crippen LogP contribution in [0.15, 0.2) is 0 Å². The lowest BCUT2D eigenvalue weighted by molar-refractivity contribution is -0.299. The fourth-order valence-corrected chi connectivity index (χ4v) is 2.68. The average Bonchev–Trinajstić information content (AvgIpc) is 2.48. The van der Waals surface area contributed by atoms with Gasteiger partial charge in [0.25, 0.3) is 0 Å². The van der Waals surface area contributed by atoms with Crippen molar-refractivity contribution < 1.29 is 38.1 Å². The summed E-state index contributed by atoms with van der Waals surface area (Å²) in [7, 11) is 1.40. The molecule has 0 N–H and O–H groups in total. The number of esters is 3. The Labute approximate surface area is 141 Å². The molecule has 1 aliphatic rings. The first kappa shape index (κ1) is 20.4. The van der Waals surface area contributed by atoms with Crippen LogP contribution in [0.2, 0.25) is 0 Å². The molecule has 8 nitrogen and oxygen atoms in total. The SMILES string of the molecule is CCCC[C@H]1O[C@H](OC)[C@@H](OC(C)=O)[C@@H](OC(C)=O)[C@H]1OC(C)=O. The molecule has 8 heteroatoms. The third-order valence-corrected chi connectivity index (χ3v) is 3.57. The van der Waals surface area contributed by atoms with Gasteiger partial charge >= 0.3 is 17.9 Å². The van der Waals surface area contributed by atoms with Crippen molar-refractivity contribution in [2.75, 3.05) is 7.11 Å². The second kappa shape index (κ2) is 9.58. The summed E-state index contributed by atoms with van der Waals surface area (Å²) in [5.74, 6) is -1.71. The van der Waals surface area contributed by atoms with Crippen LogP contribution in [0.4, 0.5) is 0 Å². The molecule has 1 rings (SSSR count). The second-order valence-electron chi connectivity index (χ2n) is 5.64. The smallest absolute Gasteiger partial charge is 0.303 e. The van der Waals surface area contributed by atoms with Crippen molar-refractivity contribution in [1.82, 2.24) is 0 Å². The van der Waals surface area contributed by atoms with Gasteiger partial charge in [0.05, 0.1) is 0 Å². The first-order valence-corrected chi connectivity index (χ1v) is 8.00. The molecule has 0 saturated carbocycles. The lowest BCUT2D eigenvalue weighted by atomic mass is 9.94. The third-order valence-electron chi connectivity index (χ3n) is 3.57. The first-order valence-electron chi connectivity index (χ1n) is 8.00. The largest absolute Gasteiger partial charge is 0.456 e. The van der Waals surface area contributed by atoms with Gasteiger partial charge in [-0.05, 0) is 6.42 Å². The molecule has 0 bridgehead atoms. The average molecular weight is 346 g/mol. The minimum atomic E-state index is -1.03. The van der Waals surface area contributed by atoms with Crippen molar-refractivity contribution in [3.63, 3.8) is 0 Å². The van der Waals surface area contributed by atoms with E-state index in [1.165, 1.54) is 27.9 Å². The van der Waals surface area contributed by atoms with Gasteiger partial charge in [-0.1, -0.05) is 19.8 Å². The summed E-state index contributed by atoms with van der Waals surface area (Å²) in [6.07, 6.45) is -2.05. The summed E-state index contributed by atoms with van der Waals surface area (Å²) in [5, 5.41) is 0. The number of unbranched alkanes of at least 4 members (excludes halogenated alkanes) is 1. The number of carbonyl (C=O) groups excluding carboxylic acids is 3. The van der Waals surface area contributed by atoms with E-state index in [0.29, 0.717) is 6.42 Å². The summed E-state index contributed by atoms with van der Waals surface area (Å²) >= 11 is 0. The monoisotopic (exact) mass is 346 g/mol. The Bertz CT molecular complexity index is 449. The summed E-state index contributed by atoms with van der Waals surface area (Å²) < 4.78 is 26.9. The van der Waals surface area contributed by atoms with Gasteiger partial charge in [0, 0.05) is 27.9 Å². The van der Waals surface area contributed by atoms with Gasteiger partial charge in [0.2, 0.25) is 0 Å². The van der Waals surface area contributed by atoms with Crippen molar-refractivity contribution in [2.24, 2.45) is 0 Å². The van der Waals surface area contributed by atoms with Gasteiger partial charge in [-0.25, -0.2) is 0 Å². The number of rotatable bonds is 7. The lowest BCUT2D eigenvalue weighted by Gasteiger charge is -2.44. The molecule has 5 atom stereocenters. The molecule has 0 aromatic carbocycles. The predicted octanol–water partition coefficient (Wildman–Crippen LogP) is 1.34. The van der Waals surface area contributed by atoms with Crippen molar-refractivity contribution in [2.45, 2.75) is 77.7 Å². The fraction of sp³-hybridized carbons (Fsp3) is 0.812. The summed E-state index contributed by atoms with van der Waals surface area (Å²) in [6, 6.07) is 0. The second-order valence-corrected chi connectivity index (χ2v) is 5.64. The summed E-state index contributed by atoms with van der Waals surface area (Å²) in [5.41, 5.74) is 0. The van der Waals surface area contributed by atoms with Crippen LogP contribution < -0.4 is 0 Å². The van der Waals surface area contributed by atoms with Gasteiger partial charge < -0.3 is 23.7 Å². The van der Waals surface area contributed by atoms with E-state index in [0.717, 1.165) is 12.8 Å². The molecule has 0 spiro atoms. The van der Waals surface area contributed by atoms with Crippen LogP contribution in [-0.4, -0.2) is 55.7 Å². The molecule has 0 aromatic heterocycles. The maximum atomic E-state index is 11.5. The van der Waals surface area contributed by atoms with Gasteiger partial charge in [0.15, 0.2) is 24.6 Å². The zero-order valence-electron chi connectivity index (χ0n) is 14.8. The van der Waals surface area contributed by atoms with E-state index in [9.17, 15) is 14.4 Å². The Morgan fingerprint density at radius 1 is 0.875 bits per heavy atom. The molecule has 1 aliphatic heterocycles. The van der Waals surface area contributed by atoms with E-state index in [4.69, 9.17) is 23.7 Å². The zero-order chi connectivity index (χ0) is 18.3. The highest BCUT2D eigenvalue weighted by Crippen LogP contribution is 2.31. The minimum absolute atomic E-state index is 0.532. The first-order chi connectivity index (χ1) is 11.3. The molecule has 1 heterocycles. The Balaban J connectivity index is 3.15. The van der Waals surface area contributed by atoms with Crippen LogP contribution in [0, 0.1) is 0 Å². The Morgan fingerprint density at radius 2 is 1.38 bits per heavy atom. The number of carbonyl (C=O) groups is 3. The zero-order valence-corrected chi connectivity index (χ0v) is 14.8. The topological polar surface area (TPSA) is 97.4 Å². The standard InChI is InChI=1S/C16H26O8/c1-6-7-8-12-13(21-9(2)17)14(22-10(3)18)15(23-11(4)19)16(20-5)24-12/h12-16H,6-8H2,1-5H3/t12-,13+,14+,15+,16+/m1/s1. The maximum Gasteiger partial charge on any atom is 0.303 e. The van der Waals surface area contributed by atoms with E-state index in [2.05, 4.69) is 0 Å². The summed E-state index contributed by atoms with van der Waals surface area (Å²) in [6.45, 7) is 5.73. The van der Waals surface area contributed by atoms with Crippen molar-refractivity contribution in [1.29, 1.82) is 0 Å². The van der Waals surface area contributed by atoms with Crippen LogP contribution in [-0.2, 0) is 38.1 Å². The van der Waals surface area contributed by atoms with Crippen LogP contribution >= 0.6 is 0 Å². The molecule has 1 saturated heterocycles. The molecule has 0 aromatic rings. The number of methoxy groups -OCH3 is 1. The van der Waals surface area contributed by atoms with Crippen molar-refractivity contribution >= 4 is 17.9 Å². The van der Waals surface area contributed by atoms with Gasteiger partial charge in [-0.3, -0.25) is 14.4 Å². The Kier molecular flexibility index (Phi) is 8.14. The molecular weight excluding hydrogens is 320 g/mol. The normalized spacial score (nSPS) is 29.6. The van der Waals surface area contributed by atoms with Gasteiger partial charge in [-0.15, -0.1) is 0 Å². The van der Waals surface area contributed by atoms with E-state index in [-0.39, 0.29) is 0 Å². The number of ether oxygens (including phenoxy) is 5. The highest BCUT2D eigenvalue weighted by Gasteiger charge is 2.51. The van der Waals surface area contributed by atoms with E-state index >= 15 is 0 Å². The highest BCUT2D eigenvalue weighted by atomic mass is 16.7. The Hall–Kier alpha value is -1.67. The van der Waals surface area contributed by atoms with Crippen LogP contribution in [0.25, 0.3) is 0 Å². The third kappa shape index (κ3) is 5.76. The molecule has 0 amide bonds. The molecule has 0 aliphatic carbocycles. The lowest BCUT2D eigenvalue weighted by Crippen LogP contribution is -2.61. The van der Waals surface area contributed by atoms with E-state index in [1.807, 2.05) is 6.92 Å². The van der Waals surface area contributed by atoms with Gasteiger partial charge in [-0.2, -0.15) is 0 Å². The van der Waals surface area contributed by atoms with Crippen LogP contribution in [0.3, 0.4) is 0 Å². The molecule has 1 fully saturated rings. The number of hydrogen-bond donors (Lipinski definition) is 0. The molecule has 0 unspecified atom stereocenters. The molecule has 138 valence electrons.